The van der Waals surface area contributed by atoms with Gasteiger partial charge in [0.1, 0.15) is 17.1 Å². The summed E-state index contributed by atoms with van der Waals surface area (Å²) in [6.45, 7) is 1.73. The van der Waals surface area contributed by atoms with Gasteiger partial charge in [-0.1, -0.05) is 6.07 Å². The maximum Gasteiger partial charge on any atom is 0.434 e. The summed E-state index contributed by atoms with van der Waals surface area (Å²) in [5.74, 6) is -0.233. The lowest BCUT2D eigenvalue weighted by Crippen LogP contribution is -2.25. The van der Waals surface area contributed by atoms with Crippen LogP contribution >= 0.6 is 0 Å². The second kappa shape index (κ2) is 10.9. The maximum absolute atomic E-state index is 13.7. The first-order valence-electron chi connectivity index (χ1n) is 10.6. The van der Waals surface area contributed by atoms with E-state index in [2.05, 4.69) is 10.4 Å². The van der Waals surface area contributed by atoms with Gasteiger partial charge in [-0.2, -0.15) is 18.3 Å². The number of halogens is 3. The summed E-state index contributed by atoms with van der Waals surface area (Å²) >= 11 is 0. The largest absolute Gasteiger partial charge is 0.497 e. The molecule has 0 saturated heterocycles. The Hall–Kier alpha value is -4.02. The number of hydrogen-bond donors (Lipinski definition) is 1. The second-order valence-corrected chi connectivity index (χ2v) is 7.27. The van der Waals surface area contributed by atoms with Crippen LogP contribution < -0.4 is 14.8 Å². The zero-order chi connectivity index (χ0) is 25.6. The van der Waals surface area contributed by atoms with Gasteiger partial charge in [0.25, 0.3) is 5.91 Å². The van der Waals surface area contributed by atoms with Crippen molar-refractivity contribution in [2.45, 2.75) is 19.5 Å². The number of methoxy groups -OCH3 is 2. The van der Waals surface area contributed by atoms with E-state index in [1.807, 2.05) is 6.07 Å². The smallest absolute Gasteiger partial charge is 0.434 e. The molecule has 8 nitrogen and oxygen atoms in total. The van der Waals surface area contributed by atoms with Crippen molar-refractivity contribution in [3.63, 3.8) is 0 Å². The number of aromatic nitrogens is 2. The van der Waals surface area contributed by atoms with Crippen LogP contribution in [-0.4, -0.2) is 49.0 Å². The zero-order valence-electron chi connectivity index (χ0n) is 19.3. The van der Waals surface area contributed by atoms with Gasteiger partial charge < -0.3 is 19.5 Å². The van der Waals surface area contributed by atoms with Crippen LogP contribution in [0.5, 0.6) is 11.5 Å². The summed E-state index contributed by atoms with van der Waals surface area (Å²) in [6, 6.07) is 10.8. The number of rotatable bonds is 9. The highest BCUT2D eigenvalue weighted by Gasteiger charge is 2.41. The number of benzene rings is 2. The minimum Gasteiger partial charge on any atom is -0.497 e. The first kappa shape index (κ1) is 25.6. The van der Waals surface area contributed by atoms with Crippen LogP contribution in [0.2, 0.25) is 0 Å². The molecule has 0 fully saturated rings. The summed E-state index contributed by atoms with van der Waals surface area (Å²) in [4.78, 5) is 24.4. The first-order chi connectivity index (χ1) is 16.7. The van der Waals surface area contributed by atoms with Gasteiger partial charge in [0.05, 0.1) is 32.7 Å². The molecule has 0 aliphatic heterocycles. The van der Waals surface area contributed by atoms with Crippen LogP contribution in [0.3, 0.4) is 0 Å². The van der Waals surface area contributed by atoms with E-state index in [1.54, 1.807) is 19.2 Å². The standard InChI is InChI=1S/C24H24F3N3O5/c1-4-35-23(32)19-14-29-30(21(19)24(25,26)27)17-8-5-16(6-9-17)22(31)28-12-11-15-7-10-18(33-2)13-20(15)34-3/h5-10,13-14H,4,11-12H2,1-3H3,(H,28,31). The predicted octanol–water partition coefficient (Wildman–Crippen LogP) is 4.06. The number of nitrogens with zero attached hydrogens (tertiary/aromatic N) is 2. The topological polar surface area (TPSA) is 91.7 Å². The number of amides is 1. The molecule has 35 heavy (non-hydrogen) atoms. The van der Waals surface area contributed by atoms with Gasteiger partial charge in [-0.3, -0.25) is 4.79 Å². The summed E-state index contributed by atoms with van der Waals surface area (Å²) in [5.41, 5.74) is -0.773. The zero-order valence-corrected chi connectivity index (χ0v) is 19.3. The third kappa shape index (κ3) is 5.92. The number of alkyl halides is 3. The second-order valence-electron chi connectivity index (χ2n) is 7.27. The van der Waals surface area contributed by atoms with Crippen LogP contribution in [0.25, 0.3) is 5.69 Å². The third-order valence-electron chi connectivity index (χ3n) is 5.08. The SMILES string of the molecule is CCOC(=O)c1cnn(-c2ccc(C(=O)NCCc3ccc(OC)cc3OC)cc2)c1C(F)(F)F. The van der Waals surface area contributed by atoms with Crippen LogP contribution in [0.4, 0.5) is 13.2 Å². The normalized spacial score (nSPS) is 11.1. The molecule has 1 heterocycles. The molecule has 0 spiro atoms. The average molecular weight is 491 g/mol. The molecule has 186 valence electrons. The summed E-state index contributed by atoms with van der Waals surface area (Å²) < 4.78 is 56.8. The highest BCUT2D eigenvalue weighted by Crippen LogP contribution is 2.34. The van der Waals surface area contributed by atoms with Crippen LogP contribution in [0, 0.1) is 0 Å². The van der Waals surface area contributed by atoms with Crippen molar-refractivity contribution in [1.82, 2.24) is 15.1 Å². The number of carbonyl (C=O) groups excluding carboxylic acids is 2. The Kier molecular flexibility index (Phi) is 8.00. The predicted molar refractivity (Wildman–Crippen MR) is 120 cm³/mol. The van der Waals surface area contributed by atoms with Crippen LogP contribution in [0.1, 0.15) is 38.9 Å². The lowest BCUT2D eigenvalue weighted by Gasteiger charge is -2.13. The Balaban J connectivity index is 1.72. The maximum atomic E-state index is 13.7. The van der Waals surface area contributed by atoms with Gasteiger partial charge in [-0.25, -0.2) is 9.48 Å². The molecule has 1 N–H and O–H groups in total. The van der Waals surface area contributed by atoms with E-state index in [-0.39, 0.29) is 17.9 Å². The van der Waals surface area contributed by atoms with Crippen molar-refractivity contribution in [3.8, 4) is 17.2 Å². The summed E-state index contributed by atoms with van der Waals surface area (Å²) in [6.07, 6.45) is -3.54. The summed E-state index contributed by atoms with van der Waals surface area (Å²) in [7, 11) is 3.09. The fourth-order valence-corrected chi connectivity index (χ4v) is 3.40. The Labute approximate surface area is 199 Å². The van der Waals surface area contributed by atoms with Gasteiger partial charge in [-0.05, 0) is 49.2 Å². The highest BCUT2D eigenvalue weighted by atomic mass is 19.4. The van der Waals surface area contributed by atoms with Crippen LogP contribution in [-0.2, 0) is 17.3 Å². The Bertz CT molecular complexity index is 1190. The van der Waals surface area contributed by atoms with Gasteiger partial charge in [0.15, 0.2) is 5.69 Å². The number of hydrogen-bond acceptors (Lipinski definition) is 6. The van der Waals surface area contributed by atoms with Crippen molar-refractivity contribution >= 4 is 11.9 Å². The van der Waals surface area contributed by atoms with Crippen molar-refractivity contribution in [2.24, 2.45) is 0 Å². The van der Waals surface area contributed by atoms with Gasteiger partial charge >= 0.3 is 12.1 Å². The minimum absolute atomic E-state index is 0.0346. The number of nitrogens with one attached hydrogen (secondary N) is 1. The minimum atomic E-state index is -4.85. The summed E-state index contributed by atoms with van der Waals surface area (Å²) in [5, 5.41) is 6.48. The van der Waals surface area contributed by atoms with Crippen molar-refractivity contribution in [2.75, 3.05) is 27.4 Å². The third-order valence-corrected chi connectivity index (χ3v) is 5.08. The molecule has 11 heteroatoms. The molecule has 3 aromatic rings. The monoisotopic (exact) mass is 491 g/mol. The van der Waals surface area contributed by atoms with Crippen molar-refractivity contribution < 1.29 is 37.0 Å². The Morgan fingerprint density at radius 2 is 1.77 bits per heavy atom. The molecule has 0 atom stereocenters. The van der Waals surface area contributed by atoms with Gasteiger partial charge in [-0.15, -0.1) is 0 Å². The van der Waals surface area contributed by atoms with E-state index in [0.29, 0.717) is 29.1 Å². The molecule has 0 unspecified atom stereocenters. The number of ether oxygens (including phenoxy) is 3. The first-order valence-corrected chi connectivity index (χ1v) is 10.6. The Morgan fingerprint density at radius 1 is 1.06 bits per heavy atom. The van der Waals surface area contributed by atoms with Gasteiger partial charge in [0.2, 0.25) is 0 Å². The molecule has 1 aromatic heterocycles. The lowest BCUT2D eigenvalue weighted by atomic mass is 10.1. The molecule has 3 rings (SSSR count). The molecule has 0 bridgehead atoms. The molecular formula is C24H24F3N3O5. The number of esters is 1. The lowest BCUT2D eigenvalue weighted by molar-refractivity contribution is -0.143. The number of carbonyl (C=O) groups is 2. The molecule has 0 aliphatic carbocycles. The van der Waals surface area contributed by atoms with E-state index in [4.69, 9.17) is 14.2 Å². The van der Waals surface area contributed by atoms with E-state index in [1.165, 1.54) is 38.3 Å². The van der Waals surface area contributed by atoms with Crippen molar-refractivity contribution in [1.29, 1.82) is 0 Å². The average Bonchev–Trinajstić information content (AvgIpc) is 3.30. The van der Waals surface area contributed by atoms with Gasteiger partial charge in [0, 0.05) is 18.2 Å². The fourth-order valence-electron chi connectivity index (χ4n) is 3.40. The van der Waals surface area contributed by atoms with Crippen LogP contribution in [0.15, 0.2) is 48.7 Å². The molecular weight excluding hydrogens is 467 g/mol. The van der Waals surface area contributed by atoms with E-state index in [0.717, 1.165) is 11.8 Å². The van der Waals surface area contributed by atoms with E-state index < -0.39 is 29.3 Å². The fraction of sp³-hybridized carbons (Fsp3) is 0.292. The molecule has 0 aliphatic rings. The van der Waals surface area contributed by atoms with E-state index >= 15 is 0 Å². The molecule has 1 amide bonds. The molecule has 2 aromatic carbocycles. The van der Waals surface area contributed by atoms with Crippen molar-refractivity contribution in [3.05, 3.63) is 71.0 Å². The highest BCUT2D eigenvalue weighted by molar-refractivity contribution is 5.94. The molecule has 0 saturated carbocycles. The molecule has 0 radical (unpaired) electrons. The Morgan fingerprint density at radius 3 is 2.37 bits per heavy atom. The van der Waals surface area contributed by atoms with E-state index in [9.17, 15) is 22.8 Å². The quantitative estimate of drug-likeness (QED) is 0.454.